The number of para-hydroxylation sites is 6. The van der Waals surface area contributed by atoms with E-state index in [0.29, 0.717) is 83.2 Å². The molecule has 0 aliphatic heterocycles. The summed E-state index contributed by atoms with van der Waals surface area (Å²) >= 11 is -5.10. The Balaban J connectivity index is 0.000000161. The standard InChI is InChI=1S/C18H12N4O4S2.C18H11N3O5S2.2C18H11N3O2S.4C2H6.3O3S/c19-28(25,26)11-6-9-5-10(22-27(23)24)7-12-16(9)13(8-11)18-17(12)20-14-3-1-2-4-15(14)21-18;22-27(23)21-10-4-5-14-15(7-10)20-17-12-3-1-2-9-6-11(28(24,25)26)8-13(16(9)12)18(17)19-14;2*19-24(22,23)11-8-10-4-3-5-12-16(10)13(9-11)18-17(12)20-14-6-1-2-7-15(14)21-18;4*1-2;3*1-4(2)3/h1-8,22H,(H,23,24)(H2,19,25,26);1-8,20H,(H,22,23)(H,24,25,26);2*1-9H,(H2,19,22,23);4*1-2H3;;;/p-2. The lowest BCUT2D eigenvalue weighted by Crippen LogP contribution is -2.12. The number of sulfonamides is 3. The molecule has 0 saturated carbocycles. The average Bonchev–Trinajstić information content (AvgIpc) is 1.58. The number of nitrogens with one attached hydrogen (secondary N) is 2. The van der Waals surface area contributed by atoms with Gasteiger partial charge in [0.25, 0.3) is 10.1 Å². The number of rotatable bonds is 7. The van der Waals surface area contributed by atoms with Crippen molar-refractivity contribution in [2.45, 2.75) is 75.0 Å². The van der Waals surface area contributed by atoms with Crippen LogP contribution in [0.5, 0.6) is 0 Å². The first kappa shape index (κ1) is 93.6. The fourth-order valence-corrected chi connectivity index (χ4v) is 16.6. The first-order valence-corrected chi connectivity index (χ1v) is 47.6. The molecule has 4 aromatic heterocycles. The van der Waals surface area contributed by atoms with Gasteiger partial charge in [0.1, 0.15) is 0 Å². The van der Waals surface area contributed by atoms with Crippen LogP contribution in [0.3, 0.4) is 0 Å². The van der Waals surface area contributed by atoms with Crippen molar-refractivity contribution >= 4 is 209 Å². The topological polar surface area (TPSA) is 599 Å². The van der Waals surface area contributed by atoms with Crippen molar-refractivity contribution in [2.24, 2.45) is 19.8 Å². The summed E-state index contributed by atoms with van der Waals surface area (Å²) in [6.07, 6.45) is 0. The van der Waals surface area contributed by atoms with Crippen molar-refractivity contribution in [2.75, 3.05) is 4.72 Å². The van der Waals surface area contributed by atoms with E-state index in [1.165, 1.54) is 30.3 Å². The monoisotopic (exact) mass is 1850 g/mol. The fourth-order valence-electron chi connectivity index (χ4n) is 13.8. The van der Waals surface area contributed by atoms with Crippen LogP contribution in [0.25, 0.3) is 177 Å². The highest BCUT2D eigenvalue weighted by Gasteiger charge is 2.31. The van der Waals surface area contributed by atoms with Crippen molar-refractivity contribution in [3.63, 3.8) is 0 Å². The molecule has 3 aliphatic rings. The molecule has 0 spiro atoms. The van der Waals surface area contributed by atoms with Gasteiger partial charge in [-0.15, -0.1) is 37.9 Å². The van der Waals surface area contributed by atoms with Gasteiger partial charge >= 0.3 is 31.8 Å². The van der Waals surface area contributed by atoms with Crippen LogP contribution < -0.4 is 25.5 Å². The first-order chi connectivity index (χ1) is 58.9. The van der Waals surface area contributed by atoms with Crippen LogP contribution >= 0.6 is 0 Å². The molecule has 0 fully saturated rings. The Morgan fingerprint density at radius 2 is 0.677 bits per heavy atom. The lowest BCUT2D eigenvalue weighted by molar-refractivity contribution is 0.483. The molecular weight excluding hydrogens is 1780 g/mol. The molecule has 0 radical (unpaired) electrons. The number of benzene rings is 12. The molecular formula is C80H67N13O22S9-2. The van der Waals surface area contributed by atoms with Gasteiger partial charge in [-0.3, -0.25) is 13.0 Å². The molecule has 13 aromatic carbocycles. The van der Waals surface area contributed by atoms with Gasteiger partial charge in [-0.1, -0.05) is 146 Å². The third kappa shape index (κ3) is 20.3. The highest BCUT2D eigenvalue weighted by Crippen LogP contribution is 2.51. The molecule has 17 aromatic rings. The van der Waals surface area contributed by atoms with Crippen LogP contribution in [-0.2, 0) is 94.5 Å². The highest BCUT2D eigenvalue weighted by molar-refractivity contribution is 7.89. The quantitative estimate of drug-likeness (QED) is 0.0637. The minimum Gasteiger partial charge on any atom is -0.755 e. The lowest BCUT2D eigenvalue weighted by Gasteiger charge is -2.12. The second-order valence-electron chi connectivity index (χ2n) is 25.0. The van der Waals surface area contributed by atoms with Gasteiger partial charge in [0.05, 0.1) is 126 Å². The Kier molecular flexibility index (Phi) is 29.3. The van der Waals surface area contributed by atoms with Gasteiger partial charge in [-0.25, -0.2) is 75.6 Å². The molecule has 0 amide bonds. The molecule has 20 rings (SSSR count). The van der Waals surface area contributed by atoms with Crippen LogP contribution in [0.4, 0.5) is 5.69 Å². The summed E-state index contributed by atoms with van der Waals surface area (Å²) in [7, 11) is -25.3. The molecule has 4 heterocycles. The van der Waals surface area contributed by atoms with E-state index < -0.39 is 94.5 Å². The molecule has 0 bridgehead atoms. The molecule has 2 atom stereocenters. The fraction of sp³-hybridized carbons (Fsp3) is 0.100. The van der Waals surface area contributed by atoms with E-state index in [1.807, 2.05) is 171 Å². The Bertz CT molecular complexity index is 7930. The number of nitrogens with zero attached hydrogens (tertiary/aromatic N) is 8. The Morgan fingerprint density at radius 3 is 1.03 bits per heavy atom. The summed E-state index contributed by atoms with van der Waals surface area (Å²) in [6.45, 7) is 16.0. The number of primary sulfonamides is 3. The largest absolute Gasteiger partial charge is 0.755 e. The van der Waals surface area contributed by atoms with Crippen LogP contribution in [0.15, 0.2) is 230 Å². The summed E-state index contributed by atoms with van der Waals surface area (Å²) in [6, 6.07) is 59.6. The van der Waals surface area contributed by atoms with Crippen molar-refractivity contribution in [3.8, 4) is 67.5 Å². The SMILES string of the molecule is CC.CC.CC.CC.NS(=O)(=O)c1cc2c3c(cc(NS(=O)[O-])cc3c1)-c1nc3ccccc3nc1-2.NS(=O)(=O)c1cc2c3c(cccc3c1)-c1nc3ccccc3nc1-2.NS(=O)(=O)c1cc2c3c(cccc3c1)-c1nc3ccccc3nc1-2.O=S(=O)=O.O=S(=O)=O.O=S(=O)=O.O=S([O-])N=c1ccc2nc3c4cc(S(=O)(=O)O)cc5cccc(c3[nH]c2c1)c54. The number of nitrogens with two attached hydrogens (primary N) is 3. The second kappa shape index (κ2) is 38.8. The third-order valence-corrected chi connectivity index (χ3v) is 22.3. The minimum atomic E-state index is -4.37. The number of aromatic nitrogens is 8. The molecule has 44 heteroatoms. The number of H-pyrrole nitrogens is 1. The van der Waals surface area contributed by atoms with Gasteiger partial charge in [0.15, 0.2) is 0 Å². The number of fused-ring (bicyclic) bond motifs is 16. The van der Waals surface area contributed by atoms with Gasteiger partial charge < -0.3 is 18.8 Å². The maximum atomic E-state index is 12.0. The van der Waals surface area contributed by atoms with E-state index >= 15 is 0 Å². The molecule has 640 valence electrons. The summed E-state index contributed by atoms with van der Waals surface area (Å²) in [4.78, 5) is 36.1. The van der Waals surface area contributed by atoms with Crippen LogP contribution in [0.1, 0.15) is 55.4 Å². The van der Waals surface area contributed by atoms with E-state index in [1.54, 1.807) is 60.7 Å². The molecule has 2 unspecified atom stereocenters. The zero-order valence-electron chi connectivity index (χ0n) is 65.6. The van der Waals surface area contributed by atoms with Crippen molar-refractivity contribution in [3.05, 3.63) is 212 Å². The second-order valence-corrected chi connectivity index (χ2v) is 33.6. The van der Waals surface area contributed by atoms with E-state index in [2.05, 4.69) is 29.1 Å². The van der Waals surface area contributed by atoms with E-state index in [0.717, 1.165) is 93.4 Å². The number of aromatic amines is 1. The molecule has 124 heavy (non-hydrogen) atoms. The Labute approximate surface area is 716 Å². The van der Waals surface area contributed by atoms with Gasteiger partial charge in [0.2, 0.25) is 30.1 Å². The predicted octanol–water partition coefficient (Wildman–Crippen LogP) is 11.9. The summed E-state index contributed by atoms with van der Waals surface area (Å²) in [5.41, 5.74) is 16.0. The number of anilines is 1. The maximum absolute atomic E-state index is 12.0. The number of hydrogen-bond acceptors (Lipinski definition) is 28. The van der Waals surface area contributed by atoms with E-state index in [-0.39, 0.29) is 30.6 Å². The molecule has 35 nitrogen and oxygen atoms in total. The van der Waals surface area contributed by atoms with Gasteiger partial charge in [-0.05, 0) is 137 Å². The van der Waals surface area contributed by atoms with Gasteiger partial charge in [0, 0.05) is 82.7 Å². The molecule has 3 aliphatic carbocycles. The van der Waals surface area contributed by atoms with E-state index in [9.17, 15) is 55.7 Å². The lowest BCUT2D eigenvalue weighted by atomic mass is 10.0. The zero-order chi connectivity index (χ0) is 90.9. The van der Waals surface area contributed by atoms with Crippen molar-refractivity contribution < 1.29 is 93.6 Å². The predicted molar refractivity (Wildman–Crippen MR) is 470 cm³/mol. The summed E-state index contributed by atoms with van der Waals surface area (Å²) in [5, 5.41) is 24.1. The molecule has 9 N–H and O–H groups in total. The average molecular weight is 1850 g/mol. The summed E-state index contributed by atoms with van der Waals surface area (Å²) < 4.78 is 230. The summed E-state index contributed by atoms with van der Waals surface area (Å²) in [5.74, 6) is 0. The van der Waals surface area contributed by atoms with Crippen LogP contribution in [0, 0.1) is 0 Å². The van der Waals surface area contributed by atoms with Gasteiger partial charge in [-0.2, -0.15) is 12.8 Å². The first-order valence-electron chi connectivity index (χ1n) is 36.4. The normalized spacial score (nSPS) is 12.1. The van der Waals surface area contributed by atoms with Crippen molar-refractivity contribution in [1.29, 1.82) is 0 Å². The smallest absolute Gasteiger partial charge is 0.425 e. The zero-order valence-corrected chi connectivity index (χ0v) is 73.0. The van der Waals surface area contributed by atoms with E-state index in [4.69, 9.17) is 73.2 Å². The van der Waals surface area contributed by atoms with Crippen molar-refractivity contribution in [1.82, 2.24) is 39.9 Å². The van der Waals surface area contributed by atoms with Crippen LogP contribution in [-0.4, -0.2) is 133 Å². The Morgan fingerprint density at radius 1 is 0.347 bits per heavy atom. The van der Waals surface area contributed by atoms with Crippen LogP contribution in [0.2, 0.25) is 0 Å². The minimum absolute atomic E-state index is 0.0795. The Hall–Kier alpha value is -12.6. The number of hydrogen-bond donors (Lipinski definition) is 6. The highest BCUT2D eigenvalue weighted by atomic mass is 32.2. The maximum Gasteiger partial charge on any atom is 0.425 e. The molecule has 0 saturated heterocycles. The third-order valence-electron chi connectivity index (χ3n) is 18.0.